The van der Waals surface area contributed by atoms with Crippen molar-refractivity contribution in [1.82, 2.24) is 14.8 Å². The van der Waals surface area contributed by atoms with Gasteiger partial charge in [-0.3, -0.25) is 14.6 Å². The molecule has 2 atom stereocenters. The standard InChI is InChI=1S/C22H26FN3O3/c1-25(15-16-4-3-11-24-14-16)22(28)19-9-10-20(27)26(12-13-29-2)21(19)17-5-7-18(23)8-6-17/h3-8,11,14,19,21H,9-10,12-13,15H2,1-2H3/t19-,21+/m1/s1. The van der Waals surface area contributed by atoms with E-state index >= 15 is 0 Å². The van der Waals surface area contributed by atoms with E-state index in [0.29, 0.717) is 32.5 Å². The van der Waals surface area contributed by atoms with Crippen molar-refractivity contribution in [2.45, 2.75) is 25.4 Å². The molecule has 3 rings (SSSR count). The molecular formula is C22H26FN3O3. The van der Waals surface area contributed by atoms with E-state index in [2.05, 4.69) is 4.98 Å². The first-order chi connectivity index (χ1) is 14.0. The molecule has 1 saturated heterocycles. The van der Waals surface area contributed by atoms with E-state index in [4.69, 9.17) is 4.74 Å². The van der Waals surface area contributed by atoms with Gasteiger partial charge in [0.2, 0.25) is 11.8 Å². The minimum Gasteiger partial charge on any atom is -0.383 e. The lowest BCUT2D eigenvalue weighted by atomic mass is 9.83. The van der Waals surface area contributed by atoms with Gasteiger partial charge in [-0.15, -0.1) is 0 Å². The number of nitrogens with zero attached hydrogens (tertiary/aromatic N) is 3. The van der Waals surface area contributed by atoms with Crippen molar-refractivity contribution in [3.05, 3.63) is 65.7 Å². The van der Waals surface area contributed by atoms with Crippen LogP contribution in [0.15, 0.2) is 48.8 Å². The molecule has 1 aliphatic rings. The molecule has 0 unspecified atom stereocenters. The fourth-order valence-electron chi connectivity index (χ4n) is 3.86. The van der Waals surface area contributed by atoms with Crippen LogP contribution < -0.4 is 0 Å². The summed E-state index contributed by atoms with van der Waals surface area (Å²) >= 11 is 0. The number of carbonyl (C=O) groups excluding carboxylic acids is 2. The summed E-state index contributed by atoms with van der Waals surface area (Å²) in [5, 5.41) is 0. The SMILES string of the molecule is COCCN1C(=O)CC[C@@H](C(=O)N(C)Cc2cccnc2)[C@@H]1c1ccc(F)cc1. The van der Waals surface area contributed by atoms with Crippen LogP contribution in [0.1, 0.15) is 30.0 Å². The molecule has 1 aliphatic heterocycles. The normalized spacial score (nSPS) is 19.3. The number of hydrogen-bond acceptors (Lipinski definition) is 4. The number of rotatable bonds is 7. The third kappa shape index (κ3) is 4.98. The van der Waals surface area contributed by atoms with E-state index < -0.39 is 12.0 Å². The smallest absolute Gasteiger partial charge is 0.228 e. The molecule has 29 heavy (non-hydrogen) atoms. The summed E-state index contributed by atoms with van der Waals surface area (Å²) < 4.78 is 18.6. The number of hydrogen-bond donors (Lipinski definition) is 0. The van der Waals surface area contributed by atoms with Gasteiger partial charge in [0, 0.05) is 46.1 Å². The molecule has 2 amide bonds. The van der Waals surface area contributed by atoms with Crippen molar-refractivity contribution in [1.29, 1.82) is 0 Å². The van der Waals surface area contributed by atoms with Gasteiger partial charge < -0.3 is 14.5 Å². The van der Waals surface area contributed by atoms with Gasteiger partial charge in [-0.25, -0.2) is 4.39 Å². The van der Waals surface area contributed by atoms with Crippen LogP contribution in [-0.2, 0) is 20.9 Å². The van der Waals surface area contributed by atoms with Crippen LogP contribution in [0.25, 0.3) is 0 Å². The largest absolute Gasteiger partial charge is 0.383 e. The van der Waals surface area contributed by atoms with Crippen molar-refractivity contribution in [3.63, 3.8) is 0 Å². The van der Waals surface area contributed by atoms with Crippen LogP contribution >= 0.6 is 0 Å². The van der Waals surface area contributed by atoms with E-state index in [1.54, 1.807) is 48.5 Å². The molecule has 7 heteroatoms. The van der Waals surface area contributed by atoms with Crippen LogP contribution in [0.2, 0.25) is 0 Å². The Morgan fingerprint density at radius 1 is 1.31 bits per heavy atom. The minimum atomic E-state index is -0.448. The first-order valence-corrected chi connectivity index (χ1v) is 9.69. The fourth-order valence-corrected chi connectivity index (χ4v) is 3.86. The van der Waals surface area contributed by atoms with Crippen molar-refractivity contribution in [3.8, 4) is 0 Å². The monoisotopic (exact) mass is 399 g/mol. The van der Waals surface area contributed by atoms with E-state index in [-0.39, 0.29) is 17.6 Å². The Labute approximate surface area is 170 Å². The summed E-state index contributed by atoms with van der Waals surface area (Å²) in [6.07, 6.45) is 4.19. The Balaban J connectivity index is 1.87. The topological polar surface area (TPSA) is 62.7 Å². The lowest BCUT2D eigenvalue weighted by molar-refractivity contribution is -0.148. The summed E-state index contributed by atoms with van der Waals surface area (Å²) in [5.41, 5.74) is 1.69. The summed E-state index contributed by atoms with van der Waals surface area (Å²) in [4.78, 5) is 33.4. The van der Waals surface area contributed by atoms with Crippen LogP contribution in [-0.4, -0.2) is 53.9 Å². The molecule has 1 fully saturated rings. The summed E-state index contributed by atoms with van der Waals surface area (Å²) in [6.45, 7) is 1.19. The van der Waals surface area contributed by atoms with Gasteiger partial charge in [-0.2, -0.15) is 0 Å². The van der Waals surface area contributed by atoms with E-state index in [0.717, 1.165) is 11.1 Å². The van der Waals surface area contributed by atoms with Crippen LogP contribution in [0, 0.1) is 11.7 Å². The highest BCUT2D eigenvalue weighted by molar-refractivity contribution is 5.85. The number of ether oxygens (including phenoxy) is 1. The van der Waals surface area contributed by atoms with Gasteiger partial charge in [0.25, 0.3) is 0 Å². The fraction of sp³-hybridized carbons (Fsp3) is 0.409. The number of amides is 2. The third-order valence-corrected chi connectivity index (χ3v) is 5.29. The highest BCUT2D eigenvalue weighted by Gasteiger charge is 2.41. The number of aromatic nitrogens is 1. The van der Waals surface area contributed by atoms with Crippen molar-refractivity contribution in [2.24, 2.45) is 5.92 Å². The molecule has 0 N–H and O–H groups in total. The van der Waals surface area contributed by atoms with Gasteiger partial charge in [0.15, 0.2) is 0 Å². The van der Waals surface area contributed by atoms with E-state index in [1.807, 2.05) is 12.1 Å². The summed E-state index contributed by atoms with van der Waals surface area (Å²) in [5.74, 6) is -0.818. The molecule has 2 aromatic rings. The molecule has 154 valence electrons. The van der Waals surface area contributed by atoms with Crippen molar-refractivity contribution in [2.75, 3.05) is 27.3 Å². The number of likely N-dealkylation sites (tertiary alicyclic amines) is 1. The molecule has 6 nitrogen and oxygen atoms in total. The average Bonchev–Trinajstić information content (AvgIpc) is 2.73. The maximum absolute atomic E-state index is 13.5. The van der Waals surface area contributed by atoms with Gasteiger partial charge in [-0.1, -0.05) is 18.2 Å². The van der Waals surface area contributed by atoms with Gasteiger partial charge in [-0.05, 0) is 35.7 Å². The predicted molar refractivity (Wildman–Crippen MR) is 106 cm³/mol. The maximum atomic E-state index is 13.5. The van der Waals surface area contributed by atoms with Crippen LogP contribution in [0.5, 0.6) is 0 Å². The van der Waals surface area contributed by atoms with Gasteiger partial charge in [0.05, 0.1) is 18.6 Å². The Morgan fingerprint density at radius 2 is 2.07 bits per heavy atom. The highest BCUT2D eigenvalue weighted by Crippen LogP contribution is 2.38. The Kier molecular flexibility index (Phi) is 6.93. The van der Waals surface area contributed by atoms with Crippen LogP contribution in [0.3, 0.4) is 0 Å². The molecule has 0 radical (unpaired) electrons. The van der Waals surface area contributed by atoms with E-state index in [9.17, 15) is 14.0 Å². The Hall–Kier alpha value is -2.80. The first-order valence-electron chi connectivity index (χ1n) is 9.69. The first kappa shape index (κ1) is 20.9. The number of pyridine rings is 1. The molecule has 2 heterocycles. The zero-order valence-corrected chi connectivity index (χ0v) is 16.8. The maximum Gasteiger partial charge on any atom is 0.228 e. The molecule has 0 saturated carbocycles. The molecule has 1 aromatic heterocycles. The predicted octanol–water partition coefficient (Wildman–Crippen LogP) is 2.81. The molecule has 0 bridgehead atoms. The Morgan fingerprint density at radius 3 is 2.72 bits per heavy atom. The van der Waals surface area contributed by atoms with Gasteiger partial charge in [0.1, 0.15) is 5.82 Å². The quantitative estimate of drug-likeness (QED) is 0.718. The summed E-state index contributed by atoms with van der Waals surface area (Å²) in [7, 11) is 3.33. The zero-order valence-electron chi connectivity index (χ0n) is 16.8. The number of carbonyl (C=O) groups is 2. The zero-order chi connectivity index (χ0) is 20.8. The second-order valence-electron chi connectivity index (χ2n) is 7.28. The Bertz CT molecular complexity index is 829. The lowest BCUT2D eigenvalue weighted by Crippen LogP contribution is -2.49. The van der Waals surface area contributed by atoms with Crippen molar-refractivity contribution < 1.29 is 18.7 Å². The number of methoxy groups -OCH3 is 1. The number of benzene rings is 1. The summed E-state index contributed by atoms with van der Waals surface area (Å²) in [6, 6.07) is 9.34. The molecule has 1 aromatic carbocycles. The molecule has 0 aliphatic carbocycles. The highest BCUT2D eigenvalue weighted by atomic mass is 19.1. The van der Waals surface area contributed by atoms with Crippen LogP contribution in [0.4, 0.5) is 4.39 Å². The second kappa shape index (κ2) is 9.60. The van der Waals surface area contributed by atoms with E-state index in [1.165, 1.54) is 12.1 Å². The average molecular weight is 399 g/mol. The lowest BCUT2D eigenvalue weighted by Gasteiger charge is -2.42. The third-order valence-electron chi connectivity index (χ3n) is 5.29. The second-order valence-corrected chi connectivity index (χ2v) is 7.28. The number of halogens is 1. The number of piperidine rings is 1. The molecular weight excluding hydrogens is 373 g/mol. The van der Waals surface area contributed by atoms with Gasteiger partial charge >= 0.3 is 0 Å². The molecule has 0 spiro atoms. The minimum absolute atomic E-state index is 0.0182. The van der Waals surface area contributed by atoms with Crippen molar-refractivity contribution >= 4 is 11.8 Å².